The van der Waals surface area contributed by atoms with Crippen LogP contribution in [0.25, 0.3) is 54.6 Å². The van der Waals surface area contributed by atoms with E-state index in [0.29, 0.717) is 22.3 Å². The summed E-state index contributed by atoms with van der Waals surface area (Å²) < 4.78 is 66.5. The van der Waals surface area contributed by atoms with Crippen LogP contribution in [0.2, 0.25) is 78.6 Å². The minimum absolute atomic E-state index is 0.224. The van der Waals surface area contributed by atoms with E-state index in [2.05, 4.69) is 188 Å². The van der Waals surface area contributed by atoms with E-state index in [-0.39, 0.29) is 11.4 Å². The number of nitrogens with zero attached hydrogens (tertiary/aromatic N) is 2. The van der Waals surface area contributed by atoms with Crippen LogP contribution < -0.4 is 30.5 Å². The third-order valence-corrected chi connectivity index (χ3v) is 22.9. The molecule has 10 aromatic carbocycles. The van der Waals surface area contributed by atoms with E-state index >= 15 is 17.6 Å². The van der Waals surface area contributed by atoms with Crippen molar-refractivity contribution in [1.29, 1.82) is 0 Å². The first kappa shape index (κ1) is 50.9. The molecule has 10 aromatic rings. The molecule has 0 aliphatic rings. The summed E-state index contributed by atoms with van der Waals surface area (Å²) in [5.41, 5.74) is 5.41. The number of rotatable bonds is 12. The summed E-state index contributed by atoms with van der Waals surface area (Å²) in [4.78, 5) is 3.86. The molecule has 0 fully saturated rings. The first-order valence-corrected chi connectivity index (χ1v) is 39.6. The molecular weight excluding hydrogens is 985 g/mol. The fourth-order valence-electron chi connectivity index (χ4n) is 10.4. The Morgan fingerprint density at radius 3 is 0.973 bits per heavy atom. The van der Waals surface area contributed by atoms with E-state index in [0.717, 1.165) is 67.2 Å². The molecule has 0 bridgehead atoms. The lowest BCUT2D eigenvalue weighted by molar-refractivity contribution is 0.586. The normalized spacial score (nSPS) is 12.6. The number of halogens is 4. The number of benzene rings is 10. The zero-order valence-corrected chi connectivity index (χ0v) is 48.6. The molecule has 0 radical (unpaired) electrons. The molecule has 10 heteroatoms. The number of hydrogen-bond donors (Lipinski definition) is 0. The molecule has 0 unspecified atom stereocenters. The predicted molar refractivity (Wildman–Crippen MR) is 322 cm³/mol. The summed E-state index contributed by atoms with van der Waals surface area (Å²) in [7, 11) is -7.00. The lowest BCUT2D eigenvalue weighted by atomic mass is 9.91. The maximum atomic E-state index is 17.0. The molecule has 0 aliphatic carbocycles. The van der Waals surface area contributed by atoms with E-state index in [1.807, 2.05) is 46.2 Å². The summed E-state index contributed by atoms with van der Waals surface area (Å²) in [6.45, 7) is 27.4. The molecule has 2 nitrogen and oxygen atoms in total. The van der Waals surface area contributed by atoms with Crippen molar-refractivity contribution in [3.63, 3.8) is 0 Å². The van der Waals surface area contributed by atoms with Crippen molar-refractivity contribution in [1.82, 2.24) is 0 Å². The number of hydrogen-bond acceptors (Lipinski definition) is 2. The molecule has 74 heavy (non-hydrogen) atoms. The molecule has 0 saturated heterocycles. The smallest absolute Gasteiger partial charge is 0.150 e. The zero-order valence-electron chi connectivity index (χ0n) is 44.6. The topological polar surface area (TPSA) is 6.48 Å². The van der Waals surface area contributed by atoms with Gasteiger partial charge in [0.2, 0.25) is 0 Å². The summed E-state index contributed by atoms with van der Waals surface area (Å²) in [6, 6.07) is 54.8. The number of anilines is 6. The standard InChI is InChI=1S/C64H64F4N2Si4/c1-71(2,3)47-27-23-45(24-28-47)69(61-37-53(55(65)39-57(61)67)43-15-13-17-49(35-43)73(7,8)9)59-33-21-41-20-32-52-60(34-22-42-19-31-51(59)63(41)64(42)52)70(46-25-29-48(30-26-46)72(4,5)6)62-38-54(56(66)40-58(62)68)44-16-14-18-50(36-44)74(10,11)12/h13-40H,1-12H3. The predicted octanol–water partition coefficient (Wildman–Crippen LogP) is 17.6. The molecule has 0 aliphatic heterocycles. The van der Waals surface area contributed by atoms with Crippen molar-refractivity contribution < 1.29 is 17.6 Å². The Morgan fingerprint density at radius 1 is 0.297 bits per heavy atom. The minimum Gasteiger partial charge on any atom is -0.307 e. The summed E-state index contributed by atoms with van der Waals surface area (Å²) >= 11 is 0. The Morgan fingerprint density at radius 2 is 0.635 bits per heavy atom. The highest BCUT2D eigenvalue weighted by molar-refractivity contribution is 6.90. The van der Waals surface area contributed by atoms with Gasteiger partial charge in [-0.25, -0.2) is 17.6 Å². The molecule has 0 amide bonds. The van der Waals surface area contributed by atoms with E-state index in [1.54, 1.807) is 12.1 Å². The molecule has 0 aromatic heterocycles. The van der Waals surface area contributed by atoms with Crippen LogP contribution in [0.5, 0.6) is 0 Å². The first-order chi connectivity index (χ1) is 34.9. The third-order valence-electron chi connectivity index (χ3n) is 14.7. The Hall–Kier alpha value is -6.57. The van der Waals surface area contributed by atoms with E-state index in [9.17, 15) is 0 Å². The molecule has 0 heterocycles. The van der Waals surface area contributed by atoms with Gasteiger partial charge in [0.1, 0.15) is 23.3 Å². The van der Waals surface area contributed by atoms with Crippen LogP contribution in [0.15, 0.2) is 170 Å². The monoisotopic (exact) mass is 1050 g/mol. The fraction of sp³-hybridized carbons (Fsp3) is 0.188. The van der Waals surface area contributed by atoms with Gasteiger partial charge in [-0.15, -0.1) is 0 Å². The largest absolute Gasteiger partial charge is 0.307 e. The summed E-state index contributed by atoms with van der Waals surface area (Å²) in [5.74, 6) is -2.61. The van der Waals surface area contributed by atoms with Gasteiger partial charge < -0.3 is 9.80 Å². The van der Waals surface area contributed by atoms with Crippen molar-refractivity contribution in [3.05, 3.63) is 193 Å². The molecular formula is C64H64F4N2Si4. The van der Waals surface area contributed by atoms with Crippen LogP contribution in [-0.4, -0.2) is 32.3 Å². The highest BCUT2D eigenvalue weighted by Crippen LogP contribution is 2.49. The molecule has 0 N–H and O–H groups in total. The van der Waals surface area contributed by atoms with E-state index < -0.39 is 55.6 Å². The molecule has 0 atom stereocenters. The second kappa shape index (κ2) is 18.7. The van der Waals surface area contributed by atoms with Gasteiger partial charge in [0.25, 0.3) is 0 Å². The minimum atomic E-state index is -1.78. The first-order valence-electron chi connectivity index (χ1n) is 25.6. The van der Waals surface area contributed by atoms with Crippen LogP contribution in [0.3, 0.4) is 0 Å². The SMILES string of the molecule is C[Si](C)(C)c1ccc(N(c2cc(-c3cccc([Si](C)(C)C)c3)c(F)cc2F)c2ccc3ccc4c(N(c5ccc([Si](C)(C)C)cc5)c5cc(-c6cccc([Si](C)(C)C)c6)c(F)cc5F)ccc5ccc2c3c54)cc1. The molecule has 10 rings (SSSR count). The van der Waals surface area contributed by atoms with Gasteiger partial charge >= 0.3 is 0 Å². The van der Waals surface area contributed by atoms with Gasteiger partial charge in [0.05, 0.1) is 55.0 Å². The van der Waals surface area contributed by atoms with Gasteiger partial charge in [0.15, 0.2) is 0 Å². The Labute approximate surface area is 438 Å². The van der Waals surface area contributed by atoms with Gasteiger partial charge in [-0.1, -0.05) is 209 Å². The lowest BCUT2D eigenvalue weighted by Gasteiger charge is -2.30. The quantitative estimate of drug-likeness (QED) is 0.0683. The zero-order chi connectivity index (χ0) is 52.8. The van der Waals surface area contributed by atoms with Crippen LogP contribution in [0, 0.1) is 23.3 Å². The molecule has 0 saturated carbocycles. The molecule has 374 valence electrons. The van der Waals surface area contributed by atoms with Crippen LogP contribution in [0.1, 0.15) is 0 Å². The van der Waals surface area contributed by atoms with Crippen LogP contribution in [0.4, 0.5) is 51.7 Å². The maximum Gasteiger partial charge on any atom is 0.150 e. The Bertz CT molecular complexity index is 3520. The Kier molecular flexibility index (Phi) is 12.8. The van der Waals surface area contributed by atoms with Gasteiger partial charge in [-0.05, 0) is 81.2 Å². The summed E-state index contributed by atoms with van der Waals surface area (Å²) in [6.07, 6.45) is 0. The summed E-state index contributed by atoms with van der Waals surface area (Å²) in [5, 5.41) is 10.5. The van der Waals surface area contributed by atoms with Crippen molar-refractivity contribution in [2.45, 2.75) is 78.6 Å². The average molecular weight is 1050 g/mol. The van der Waals surface area contributed by atoms with Crippen LogP contribution >= 0.6 is 0 Å². The second-order valence-electron chi connectivity index (χ2n) is 24.1. The lowest BCUT2D eigenvalue weighted by Crippen LogP contribution is -2.37. The van der Waals surface area contributed by atoms with Gasteiger partial charge in [-0.3, -0.25) is 0 Å². The van der Waals surface area contributed by atoms with Gasteiger partial charge in [-0.2, -0.15) is 0 Å². The highest BCUT2D eigenvalue weighted by Gasteiger charge is 2.29. The highest BCUT2D eigenvalue weighted by atomic mass is 28.3. The van der Waals surface area contributed by atoms with Crippen LogP contribution in [-0.2, 0) is 0 Å². The van der Waals surface area contributed by atoms with Gasteiger partial charge in [0, 0.05) is 45.4 Å². The fourth-order valence-corrected chi connectivity index (χ4v) is 15.1. The molecule has 0 spiro atoms. The van der Waals surface area contributed by atoms with E-state index in [1.165, 1.54) is 20.7 Å². The van der Waals surface area contributed by atoms with Crippen molar-refractivity contribution in [3.8, 4) is 22.3 Å². The maximum absolute atomic E-state index is 17.0. The third kappa shape index (κ3) is 9.46. The second-order valence-corrected chi connectivity index (χ2v) is 44.4. The van der Waals surface area contributed by atoms with E-state index in [4.69, 9.17) is 0 Å². The Balaban J connectivity index is 1.22. The van der Waals surface area contributed by atoms with Crippen molar-refractivity contribution in [2.24, 2.45) is 0 Å². The average Bonchev–Trinajstić information content (AvgIpc) is 3.35. The van der Waals surface area contributed by atoms with Crippen molar-refractivity contribution >= 4 is 119 Å². The van der Waals surface area contributed by atoms with Crippen molar-refractivity contribution in [2.75, 3.05) is 9.80 Å².